The van der Waals surface area contributed by atoms with Crippen LogP contribution in [0.1, 0.15) is 16.1 Å². The molecule has 1 unspecified atom stereocenters. The molecule has 5 nitrogen and oxygen atoms in total. The van der Waals surface area contributed by atoms with E-state index in [0.717, 1.165) is 5.56 Å². The summed E-state index contributed by atoms with van der Waals surface area (Å²) in [5.74, 6) is -0.0994. The summed E-state index contributed by atoms with van der Waals surface area (Å²) in [4.78, 5) is 18.4. The molecule has 6 heteroatoms. The summed E-state index contributed by atoms with van der Waals surface area (Å²) in [5, 5.41) is 0. The van der Waals surface area contributed by atoms with E-state index in [-0.39, 0.29) is 17.0 Å². The van der Waals surface area contributed by atoms with Crippen molar-refractivity contribution in [1.29, 1.82) is 0 Å². The molecule has 1 aromatic rings. The first kappa shape index (κ1) is 12.9. The Morgan fingerprint density at radius 1 is 1.67 bits per heavy atom. The maximum Gasteiger partial charge on any atom is 0.272 e. The fourth-order valence-electron chi connectivity index (χ4n) is 1.87. The number of amides is 1. The fraction of sp³-hybridized carbons (Fsp3) is 0.417. The Bertz CT molecular complexity index is 478. The monoisotopic (exact) mass is 265 g/mol. The molecule has 18 heavy (non-hydrogen) atoms. The molecule has 1 fully saturated rings. The van der Waals surface area contributed by atoms with Gasteiger partial charge in [-0.1, -0.05) is 18.3 Å². The molecule has 0 spiro atoms. The first-order valence-corrected chi connectivity index (χ1v) is 6.12. The van der Waals surface area contributed by atoms with Crippen molar-refractivity contribution in [1.82, 2.24) is 9.88 Å². The number of hydrogen-bond donors (Lipinski definition) is 1. The van der Waals surface area contributed by atoms with Crippen LogP contribution in [0, 0.1) is 6.92 Å². The molecule has 2 N–H and O–H groups in total. The molecule has 0 bridgehead atoms. The smallest absolute Gasteiger partial charge is 0.272 e. The van der Waals surface area contributed by atoms with Crippen LogP contribution < -0.4 is 5.73 Å². The van der Waals surface area contributed by atoms with Gasteiger partial charge in [0.25, 0.3) is 5.91 Å². The molecule has 1 atom stereocenters. The van der Waals surface area contributed by atoms with Crippen LogP contribution in [0.25, 0.3) is 0 Å². The van der Waals surface area contributed by atoms with Gasteiger partial charge in [0.05, 0.1) is 13.2 Å². The van der Waals surface area contributed by atoms with Crippen molar-refractivity contribution in [3.8, 4) is 0 Å². The molecule has 1 aromatic heterocycles. The SMILES string of the molecule is Cc1cccnc1C(=O)N1CCOC(C(N)=S)C1. The quantitative estimate of drug-likeness (QED) is 0.789. The highest BCUT2D eigenvalue weighted by molar-refractivity contribution is 7.80. The predicted octanol–water partition coefficient (Wildman–Crippen LogP) is 0.517. The number of carbonyl (C=O) groups is 1. The highest BCUT2D eigenvalue weighted by atomic mass is 32.1. The van der Waals surface area contributed by atoms with Gasteiger partial charge in [-0.2, -0.15) is 0 Å². The van der Waals surface area contributed by atoms with Gasteiger partial charge in [-0.3, -0.25) is 9.78 Å². The fourth-order valence-corrected chi connectivity index (χ4v) is 2.01. The number of nitrogens with two attached hydrogens (primary N) is 1. The number of ether oxygens (including phenoxy) is 1. The van der Waals surface area contributed by atoms with Gasteiger partial charge >= 0.3 is 0 Å². The first-order valence-electron chi connectivity index (χ1n) is 5.71. The summed E-state index contributed by atoms with van der Waals surface area (Å²) in [5.41, 5.74) is 6.89. The minimum Gasteiger partial charge on any atom is -0.391 e. The van der Waals surface area contributed by atoms with Gasteiger partial charge in [-0.15, -0.1) is 0 Å². The van der Waals surface area contributed by atoms with Crippen LogP contribution in [0.2, 0.25) is 0 Å². The topological polar surface area (TPSA) is 68.5 Å². The second-order valence-electron chi connectivity index (χ2n) is 4.18. The van der Waals surface area contributed by atoms with E-state index in [1.807, 2.05) is 19.1 Å². The third-order valence-corrected chi connectivity index (χ3v) is 3.15. The lowest BCUT2D eigenvalue weighted by Gasteiger charge is -2.32. The van der Waals surface area contributed by atoms with Crippen molar-refractivity contribution in [2.45, 2.75) is 13.0 Å². The molecule has 1 aliphatic heterocycles. The van der Waals surface area contributed by atoms with E-state index in [2.05, 4.69) is 4.98 Å². The number of hydrogen-bond acceptors (Lipinski definition) is 4. The average molecular weight is 265 g/mol. The summed E-state index contributed by atoms with van der Waals surface area (Å²) in [6, 6.07) is 3.68. The second-order valence-corrected chi connectivity index (χ2v) is 4.65. The second kappa shape index (κ2) is 5.41. The van der Waals surface area contributed by atoms with E-state index < -0.39 is 0 Å². The van der Waals surface area contributed by atoms with Crippen molar-refractivity contribution in [3.63, 3.8) is 0 Å². The van der Waals surface area contributed by atoms with Crippen LogP contribution in [-0.4, -0.2) is 46.6 Å². The van der Waals surface area contributed by atoms with Gasteiger partial charge < -0.3 is 15.4 Å². The van der Waals surface area contributed by atoms with Gasteiger partial charge in [-0.05, 0) is 18.6 Å². The Hall–Kier alpha value is -1.53. The lowest BCUT2D eigenvalue weighted by molar-refractivity contribution is 0.00846. The molecular formula is C12H15N3O2S. The van der Waals surface area contributed by atoms with E-state index in [0.29, 0.717) is 25.4 Å². The molecule has 2 heterocycles. The molecule has 0 saturated carbocycles. The van der Waals surface area contributed by atoms with Crippen molar-refractivity contribution >= 4 is 23.1 Å². The summed E-state index contributed by atoms with van der Waals surface area (Å²) >= 11 is 4.90. The molecule has 0 radical (unpaired) electrons. The van der Waals surface area contributed by atoms with Crippen LogP contribution >= 0.6 is 12.2 Å². The number of pyridine rings is 1. The predicted molar refractivity (Wildman–Crippen MR) is 71.4 cm³/mol. The van der Waals surface area contributed by atoms with Crippen molar-refractivity contribution < 1.29 is 9.53 Å². The third-order valence-electron chi connectivity index (χ3n) is 2.88. The van der Waals surface area contributed by atoms with Crippen LogP contribution in [0.3, 0.4) is 0 Å². The minimum atomic E-state index is -0.360. The summed E-state index contributed by atoms with van der Waals surface area (Å²) in [6.45, 7) is 3.24. The number of thiocarbonyl (C=S) groups is 1. The zero-order valence-electron chi connectivity index (χ0n) is 10.1. The van der Waals surface area contributed by atoms with Crippen LogP contribution in [-0.2, 0) is 4.74 Å². The molecule has 96 valence electrons. The molecule has 0 aliphatic carbocycles. The Labute approximate surface area is 111 Å². The molecule has 2 rings (SSSR count). The molecule has 1 aliphatic rings. The third kappa shape index (κ3) is 2.65. The van der Waals surface area contributed by atoms with Crippen LogP contribution in [0.15, 0.2) is 18.3 Å². The van der Waals surface area contributed by atoms with Crippen LogP contribution in [0.5, 0.6) is 0 Å². The number of rotatable bonds is 2. The molecule has 0 aromatic carbocycles. The van der Waals surface area contributed by atoms with Gasteiger partial charge in [-0.25, -0.2) is 0 Å². The lowest BCUT2D eigenvalue weighted by atomic mass is 10.2. The van der Waals surface area contributed by atoms with Gasteiger partial charge in [0, 0.05) is 12.7 Å². The van der Waals surface area contributed by atoms with Gasteiger partial charge in [0.1, 0.15) is 16.8 Å². The number of aryl methyl sites for hydroxylation is 1. The van der Waals surface area contributed by atoms with Crippen LogP contribution in [0.4, 0.5) is 0 Å². The normalized spacial score (nSPS) is 19.6. The summed E-state index contributed by atoms with van der Waals surface area (Å²) < 4.78 is 5.41. The maximum absolute atomic E-state index is 12.3. The number of aromatic nitrogens is 1. The van der Waals surface area contributed by atoms with E-state index in [1.165, 1.54) is 0 Å². The summed E-state index contributed by atoms with van der Waals surface area (Å²) in [7, 11) is 0. The average Bonchev–Trinajstić information content (AvgIpc) is 2.38. The summed E-state index contributed by atoms with van der Waals surface area (Å²) in [6.07, 6.45) is 1.26. The van der Waals surface area contributed by atoms with Gasteiger partial charge in [0.15, 0.2) is 0 Å². The highest BCUT2D eigenvalue weighted by Gasteiger charge is 2.27. The Kier molecular flexibility index (Phi) is 3.88. The Morgan fingerprint density at radius 3 is 3.11 bits per heavy atom. The highest BCUT2D eigenvalue weighted by Crippen LogP contribution is 2.12. The molecule has 1 saturated heterocycles. The number of carbonyl (C=O) groups excluding carboxylic acids is 1. The van der Waals surface area contributed by atoms with Gasteiger partial charge in [0.2, 0.25) is 0 Å². The van der Waals surface area contributed by atoms with Crippen molar-refractivity contribution in [3.05, 3.63) is 29.6 Å². The lowest BCUT2D eigenvalue weighted by Crippen LogP contribution is -2.50. The molecule has 1 amide bonds. The van der Waals surface area contributed by atoms with E-state index in [9.17, 15) is 4.79 Å². The number of morpholine rings is 1. The Morgan fingerprint density at radius 2 is 2.44 bits per heavy atom. The first-order chi connectivity index (χ1) is 8.59. The molecular weight excluding hydrogens is 250 g/mol. The van der Waals surface area contributed by atoms with E-state index >= 15 is 0 Å². The number of nitrogens with zero attached hydrogens (tertiary/aromatic N) is 2. The van der Waals surface area contributed by atoms with Crippen molar-refractivity contribution in [2.75, 3.05) is 19.7 Å². The van der Waals surface area contributed by atoms with E-state index in [4.69, 9.17) is 22.7 Å². The largest absolute Gasteiger partial charge is 0.391 e. The van der Waals surface area contributed by atoms with Crippen molar-refractivity contribution in [2.24, 2.45) is 5.73 Å². The van der Waals surface area contributed by atoms with E-state index in [1.54, 1.807) is 11.1 Å². The minimum absolute atomic E-state index is 0.0994. The maximum atomic E-state index is 12.3. The standard InChI is InChI=1S/C12H15N3O2S/c1-8-3-2-4-14-10(8)12(16)15-5-6-17-9(7-15)11(13)18/h2-4,9H,5-7H2,1H3,(H2,13,18). The Balaban J connectivity index is 2.14. The zero-order chi connectivity index (χ0) is 13.1. The zero-order valence-corrected chi connectivity index (χ0v) is 10.9.